The van der Waals surface area contributed by atoms with Gasteiger partial charge in [-0.3, -0.25) is 9.59 Å². The summed E-state index contributed by atoms with van der Waals surface area (Å²) in [4.78, 5) is 25.6. The van der Waals surface area contributed by atoms with E-state index in [-0.39, 0.29) is 25.2 Å². The van der Waals surface area contributed by atoms with Crippen molar-refractivity contribution < 1.29 is 23.8 Å². The van der Waals surface area contributed by atoms with E-state index >= 15 is 0 Å². The van der Waals surface area contributed by atoms with Crippen molar-refractivity contribution >= 4 is 11.9 Å². The predicted octanol–water partition coefficient (Wildman–Crippen LogP) is 21.6. The average Bonchev–Trinajstić information content (AvgIpc) is 3.38. The normalized spacial score (nSPS) is 12.8. The molecule has 0 N–H and O–H groups in total. The number of hydrogen-bond donors (Lipinski definition) is 0. The molecule has 0 heterocycles. The Morgan fingerprint density at radius 3 is 1.04 bits per heavy atom. The number of carbonyl (C=O) groups excluding carboxylic acids is 2. The molecular formula is C67H118O5. The van der Waals surface area contributed by atoms with Crippen LogP contribution in [0.15, 0.2) is 85.1 Å². The van der Waals surface area contributed by atoms with Crippen LogP contribution in [0.25, 0.3) is 0 Å². The lowest BCUT2D eigenvalue weighted by molar-refractivity contribution is -0.163. The maximum absolute atomic E-state index is 12.9. The zero-order chi connectivity index (χ0) is 52.0. The first-order valence-electron chi connectivity index (χ1n) is 31.1. The molecule has 72 heavy (non-hydrogen) atoms. The molecule has 5 heteroatoms. The van der Waals surface area contributed by atoms with Crippen molar-refractivity contribution in [2.24, 2.45) is 0 Å². The van der Waals surface area contributed by atoms with Crippen LogP contribution >= 0.6 is 0 Å². The van der Waals surface area contributed by atoms with Gasteiger partial charge in [0.05, 0.1) is 6.61 Å². The highest BCUT2D eigenvalue weighted by atomic mass is 16.6. The summed E-state index contributed by atoms with van der Waals surface area (Å²) in [6, 6.07) is 0. The molecule has 0 aromatic rings. The molecule has 416 valence electrons. The van der Waals surface area contributed by atoms with Gasteiger partial charge >= 0.3 is 11.9 Å². The Bertz CT molecular complexity index is 1320. The monoisotopic (exact) mass is 1000 g/mol. The van der Waals surface area contributed by atoms with Gasteiger partial charge in [-0.1, -0.05) is 260 Å². The van der Waals surface area contributed by atoms with E-state index < -0.39 is 6.10 Å². The van der Waals surface area contributed by atoms with Gasteiger partial charge in [0.2, 0.25) is 0 Å². The minimum atomic E-state index is -0.551. The standard InChI is InChI=1S/C67H118O5/c1-4-7-10-13-16-19-22-25-28-31-33-35-38-41-44-47-50-53-56-59-62-70-63-65(72-67(69)61-58-55-52-49-46-43-40-36-30-27-24-21-18-15-12-9-6-3)64-71-66(68)60-57-54-51-48-45-42-39-37-34-32-29-26-23-20-17-14-11-8-5-2/h8,11,16-17,19-20,25-30,34,37,65H,4-7,9-10,12-15,18,21-24,31-33,35-36,38-64H2,1-3H3/b11-8-,19-16-,20-17-,28-25-,29-26-,30-27-,37-34-. The van der Waals surface area contributed by atoms with Crippen molar-refractivity contribution in [2.45, 2.75) is 309 Å². The Hall–Kier alpha value is -2.92. The largest absolute Gasteiger partial charge is 0.462 e. The van der Waals surface area contributed by atoms with Gasteiger partial charge in [-0.25, -0.2) is 0 Å². The van der Waals surface area contributed by atoms with Crippen molar-refractivity contribution in [1.29, 1.82) is 0 Å². The van der Waals surface area contributed by atoms with E-state index in [4.69, 9.17) is 14.2 Å². The quantitative estimate of drug-likeness (QED) is 0.0345. The highest BCUT2D eigenvalue weighted by molar-refractivity contribution is 5.70. The maximum atomic E-state index is 12.9. The van der Waals surface area contributed by atoms with Gasteiger partial charge in [0.1, 0.15) is 6.61 Å². The third kappa shape index (κ3) is 59.6. The molecule has 0 aliphatic rings. The Morgan fingerprint density at radius 1 is 0.319 bits per heavy atom. The fourth-order valence-electron chi connectivity index (χ4n) is 8.76. The second-order valence-electron chi connectivity index (χ2n) is 20.6. The van der Waals surface area contributed by atoms with Crippen LogP contribution in [0.1, 0.15) is 303 Å². The molecular weight excluding hydrogens is 885 g/mol. The van der Waals surface area contributed by atoms with Crippen molar-refractivity contribution in [1.82, 2.24) is 0 Å². The van der Waals surface area contributed by atoms with E-state index in [2.05, 4.69) is 106 Å². The van der Waals surface area contributed by atoms with Crippen LogP contribution in [0.3, 0.4) is 0 Å². The second-order valence-corrected chi connectivity index (χ2v) is 20.6. The third-order valence-corrected chi connectivity index (χ3v) is 13.4. The van der Waals surface area contributed by atoms with Crippen molar-refractivity contribution in [3.05, 3.63) is 85.1 Å². The lowest BCUT2D eigenvalue weighted by Gasteiger charge is -2.18. The summed E-state index contributed by atoms with van der Waals surface area (Å²) >= 11 is 0. The third-order valence-electron chi connectivity index (χ3n) is 13.4. The Morgan fingerprint density at radius 2 is 0.625 bits per heavy atom. The molecule has 0 aromatic heterocycles. The van der Waals surface area contributed by atoms with Gasteiger partial charge in [-0.2, -0.15) is 0 Å². The highest BCUT2D eigenvalue weighted by Crippen LogP contribution is 2.15. The summed E-state index contributed by atoms with van der Waals surface area (Å²) in [7, 11) is 0. The van der Waals surface area contributed by atoms with Crippen LogP contribution in [0.4, 0.5) is 0 Å². The van der Waals surface area contributed by atoms with Crippen LogP contribution in [0.5, 0.6) is 0 Å². The van der Waals surface area contributed by atoms with Gasteiger partial charge in [0, 0.05) is 19.4 Å². The summed E-state index contributed by atoms with van der Waals surface area (Å²) in [6.45, 7) is 7.70. The molecule has 0 bridgehead atoms. The van der Waals surface area contributed by atoms with E-state index in [1.165, 1.54) is 180 Å². The number of ether oxygens (including phenoxy) is 3. The van der Waals surface area contributed by atoms with Crippen LogP contribution < -0.4 is 0 Å². The second kappa shape index (κ2) is 62.4. The van der Waals surface area contributed by atoms with Crippen LogP contribution in [-0.4, -0.2) is 37.9 Å². The van der Waals surface area contributed by atoms with Crippen LogP contribution in [0, 0.1) is 0 Å². The average molecular weight is 1000 g/mol. The zero-order valence-corrected chi connectivity index (χ0v) is 47.9. The summed E-state index contributed by atoms with van der Waals surface area (Å²) in [5, 5.41) is 0. The highest BCUT2D eigenvalue weighted by Gasteiger charge is 2.17. The lowest BCUT2D eigenvalue weighted by Crippen LogP contribution is -2.30. The van der Waals surface area contributed by atoms with Gasteiger partial charge in [-0.05, 0) is 116 Å². The molecule has 0 rings (SSSR count). The topological polar surface area (TPSA) is 61.8 Å². The van der Waals surface area contributed by atoms with E-state index in [0.29, 0.717) is 19.4 Å². The summed E-state index contributed by atoms with van der Waals surface area (Å²) in [5.74, 6) is -0.411. The van der Waals surface area contributed by atoms with Crippen molar-refractivity contribution in [3.63, 3.8) is 0 Å². The summed E-state index contributed by atoms with van der Waals surface area (Å²) in [5.41, 5.74) is 0. The SMILES string of the molecule is CC/C=C\C/C=C\C/C=C\C/C=C\CCCCCCCCC(=O)OCC(COCCCCCCCCCCCC/C=C\C/C=C\CCCCC)OC(=O)CCCCCCCCC/C=C\CCCCCCCC. The Kier molecular flexibility index (Phi) is 59.8. The Balaban J connectivity index is 4.31. The zero-order valence-electron chi connectivity index (χ0n) is 47.9. The lowest BCUT2D eigenvalue weighted by atomic mass is 10.1. The minimum Gasteiger partial charge on any atom is -0.462 e. The fraction of sp³-hybridized carbons (Fsp3) is 0.761. The van der Waals surface area contributed by atoms with E-state index in [1.807, 2.05) is 0 Å². The van der Waals surface area contributed by atoms with Crippen molar-refractivity contribution in [2.75, 3.05) is 19.8 Å². The molecule has 0 aromatic carbocycles. The van der Waals surface area contributed by atoms with Crippen LogP contribution in [-0.2, 0) is 23.8 Å². The number of hydrogen-bond acceptors (Lipinski definition) is 5. The first-order valence-corrected chi connectivity index (χ1v) is 31.1. The van der Waals surface area contributed by atoms with Gasteiger partial charge in [0.25, 0.3) is 0 Å². The molecule has 0 radical (unpaired) electrons. The van der Waals surface area contributed by atoms with Gasteiger partial charge in [-0.15, -0.1) is 0 Å². The number of rotatable bonds is 57. The summed E-state index contributed by atoms with van der Waals surface area (Å²) < 4.78 is 17.5. The van der Waals surface area contributed by atoms with Gasteiger partial charge < -0.3 is 14.2 Å². The predicted molar refractivity (Wildman–Crippen MR) is 316 cm³/mol. The number of esters is 2. The first-order chi connectivity index (χ1) is 35.6. The molecule has 0 amide bonds. The minimum absolute atomic E-state index is 0.0731. The molecule has 0 saturated heterocycles. The molecule has 0 aliphatic heterocycles. The van der Waals surface area contributed by atoms with Crippen LogP contribution in [0.2, 0.25) is 0 Å². The molecule has 5 nitrogen and oxygen atoms in total. The molecule has 0 saturated carbocycles. The molecule has 0 spiro atoms. The first kappa shape index (κ1) is 69.1. The number of allylic oxidation sites excluding steroid dienone is 14. The molecule has 1 atom stereocenters. The van der Waals surface area contributed by atoms with Crippen molar-refractivity contribution in [3.8, 4) is 0 Å². The smallest absolute Gasteiger partial charge is 0.306 e. The fourth-order valence-corrected chi connectivity index (χ4v) is 8.76. The molecule has 0 aliphatic carbocycles. The van der Waals surface area contributed by atoms with E-state index in [0.717, 1.165) is 89.9 Å². The number of unbranched alkanes of at least 4 members (excludes halogenated alkanes) is 32. The van der Waals surface area contributed by atoms with E-state index in [9.17, 15) is 9.59 Å². The maximum Gasteiger partial charge on any atom is 0.306 e. The van der Waals surface area contributed by atoms with E-state index in [1.54, 1.807) is 0 Å². The Labute approximate surface area is 448 Å². The summed E-state index contributed by atoms with van der Waals surface area (Å²) in [6.07, 6.45) is 83.2. The number of carbonyl (C=O) groups is 2. The van der Waals surface area contributed by atoms with Gasteiger partial charge in [0.15, 0.2) is 6.10 Å². The molecule has 1 unspecified atom stereocenters. The molecule has 0 fully saturated rings.